The Morgan fingerprint density at radius 1 is 0.706 bits per heavy atom. The Morgan fingerprint density at radius 3 is 1.47 bits per heavy atom. The minimum absolute atomic E-state index is 0.118. The van der Waals surface area contributed by atoms with Crippen LogP contribution in [0.5, 0.6) is 0 Å². The summed E-state index contributed by atoms with van der Waals surface area (Å²) in [5.41, 5.74) is 0.118. The fourth-order valence-corrected chi connectivity index (χ4v) is 4.89. The van der Waals surface area contributed by atoms with Gasteiger partial charge in [-0.05, 0) is 0 Å². The molecule has 0 unspecified atom stereocenters. The van der Waals surface area contributed by atoms with Crippen molar-refractivity contribution in [2.75, 3.05) is 0 Å². The van der Waals surface area contributed by atoms with E-state index in [0.29, 0.717) is 0 Å². The van der Waals surface area contributed by atoms with Crippen molar-refractivity contribution < 1.29 is 4.57 Å². The fourth-order valence-electron chi connectivity index (χ4n) is 2.08. The van der Waals surface area contributed by atoms with E-state index in [4.69, 9.17) is 0 Å². The maximum atomic E-state index is 13.3. The van der Waals surface area contributed by atoms with Gasteiger partial charge in [-0.3, -0.25) is 0 Å². The molecule has 17 heavy (non-hydrogen) atoms. The van der Waals surface area contributed by atoms with Gasteiger partial charge in [-0.1, -0.05) is 72.8 Å². The molecule has 2 heteroatoms. The lowest BCUT2D eigenvalue weighted by molar-refractivity contribution is 0.587. The van der Waals surface area contributed by atoms with E-state index in [1.807, 2.05) is 72.8 Å². The summed E-state index contributed by atoms with van der Waals surface area (Å²) in [6.07, 6.45) is 4.06. The fraction of sp³-hybridized carbons (Fsp3) is 0.0667. The molecule has 0 saturated carbocycles. The number of hydrogen-bond acceptors (Lipinski definition) is 1. The smallest absolute Gasteiger partial charge is 0.153 e. The van der Waals surface area contributed by atoms with Crippen molar-refractivity contribution >= 4 is 17.8 Å². The number of allylic oxidation sites excluding steroid dienone is 2. The van der Waals surface area contributed by atoms with Gasteiger partial charge in [0.05, 0.1) is 5.66 Å². The first-order chi connectivity index (χ1) is 8.32. The van der Waals surface area contributed by atoms with Crippen LogP contribution < -0.4 is 10.6 Å². The van der Waals surface area contributed by atoms with Crippen molar-refractivity contribution in [1.29, 1.82) is 0 Å². The van der Waals surface area contributed by atoms with Gasteiger partial charge >= 0.3 is 0 Å². The molecule has 2 aromatic carbocycles. The maximum absolute atomic E-state index is 13.3. The third-order valence-electron chi connectivity index (χ3n) is 3.06. The Kier molecular flexibility index (Phi) is 2.49. The van der Waals surface area contributed by atoms with Crippen LogP contribution in [-0.4, -0.2) is 5.66 Å². The normalized spacial score (nSPS) is 14.8. The summed E-state index contributed by atoms with van der Waals surface area (Å²) >= 11 is 0. The van der Waals surface area contributed by atoms with Crippen LogP contribution in [0, 0.1) is 0 Å². The first-order valence-corrected chi connectivity index (χ1v) is 7.49. The average Bonchev–Trinajstić information content (AvgIpc) is 3.24. The van der Waals surface area contributed by atoms with E-state index in [-0.39, 0.29) is 5.66 Å². The second-order valence-corrected chi connectivity index (χ2v) is 7.15. The molecule has 0 aliphatic heterocycles. The van der Waals surface area contributed by atoms with Gasteiger partial charge < -0.3 is 4.57 Å². The molecule has 1 nitrogen and oxygen atoms in total. The molecule has 0 fully saturated rings. The third kappa shape index (κ3) is 1.77. The first kappa shape index (κ1) is 10.6. The van der Waals surface area contributed by atoms with E-state index in [2.05, 4.69) is 0 Å². The lowest BCUT2D eigenvalue weighted by Crippen LogP contribution is -2.19. The topological polar surface area (TPSA) is 17.1 Å². The minimum Gasteiger partial charge on any atom is -0.313 e. The molecule has 1 aliphatic carbocycles. The maximum Gasteiger partial charge on any atom is 0.153 e. The highest BCUT2D eigenvalue weighted by atomic mass is 31.2. The second kappa shape index (κ2) is 4.01. The summed E-state index contributed by atoms with van der Waals surface area (Å²) in [6.45, 7) is 0. The van der Waals surface area contributed by atoms with Gasteiger partial charge in [-0.15, -0.1) is 0 Å². The quantitative estimate of drug-likeness (QED) is 0.595. The van der Waals surface area contributed by atoms with E-state index in [1.165, 1.54) is 0 Å². The number of hydrogen-bond donors (Lipinski definition) is 0. The Hall–Kier alpha value is -1.59. The summed E-state index contributed by atoms with van der Waals surface area (Å²) in [4.78, 5) is 0. The van der Waals surface area contributed by atoms with Crippen molar-refractivity contribution in [3.63, 3.8) is 0 Å². The molecule has 1 aliphatic rings. The van der Waals surface area contributed by atoms with Crippen LogP contribution in [0.3, 0.4) is 0 Å². The largest absolute Gasteiger partial charge is 0.313 e. The number of rotatable bonds is 3. The van der Waals surface area contributed by atoms with Crippen LogP contribution >= 0.6 is 7.14 Å². The SMILES string of the molecule is O=P(c1ccccc1)(c1ccccc1)C1C=C1. The van der Waals surface area contributed by atoms with Crippen molar-refractivity contribution in [1.82, 2.24) is 0 Å². The standard InChI is InChI=1S/C15H13OP/c16-17(15-11-12-15,13-7-3-1-4-8-13)14-9-5-2-6-10-14/h1-12,15H. The predicted octanol–water partition coefficient (Wildman–Crippen LogP) is 2.94. The van der Waals surface area contributed by atoms with Gasteiger partial charge in [0.25, 0.3) is 0 Å². The van der Waals surface area contributed by atoms with Crippen LogP contribution in [0.4, 0.5) is 0 Å². The zero-order valence-electron chi connectivity index (χ0n) is 9.36. The molecule has 0 saturated heterocycles. The Labute approximate surface area is 101 Å². The second-order valence-electron chi connectivity index (χ2n) is 4.20. The van der Waals surface area contributed by atoms with Gasteiger partial charge in [-0.2, -0.15) is 0 Å². The Bertz CT molecular complexity index is 537. The van der Waals surface area contributed by atoms with Crippen molar-refractivity contribution in [2.45, 2.75) is 5.66 Å². The molecule has 0 N–H and O–H groups in total. The van der Waals surface area contributed by atoms with Crippen LogP contribution in [0.15, 0.2) is 72.8 Å². The zero-order chi connectivity index (χ0) is 11.7. The lowest BCUT2D eigenvalue weighted by Gasteiger charge is -2.18. The zero-order valence-corrected chi connectivity index (χ0v) is 10.3. The van der Waals surface area contributed by atoms with E-state index in [0.717, 1.165) is 10.6 Å². The van der Waals surface area contributed by atoms with Crippen LogP contribution in [-0.2, 0) is 4.57 Å². The van der Waals surface area contributed by atoms with Gasteiger partial charge in [0.1, 0.15) is 0 Å². The highest BCUT2D eigenvalue weighted by Gasteiger charge is 2.38. The summed E-state index contributed by atoms with van der Waals surface area (Å²) in [6, 6.07) is 19.6. The Balaban J connectivity index is 2.15. The lowest BCUT2D eigenvalue weighted by atomic mass is 10.4. The molecule has 0 radical (unpaired) electrons. The van der Waals surface area contributed by atoms with Gasteiger partial charge in [-0.25, -0.2) is 0 Å². The van der Waals surface area contributed by atoms with Crippen molar-refractivity contribution in [2.24, 2.45) is 0 Å². The predicted molar refractivity (Wildman–Crippen MR) is 72.7 cm³/mol. The molecule has 0 amide bonds. The van der Waals surface area contributed by atoms with E-state index in [9.17, 15) is 4.57 Å². The van der Waals surface area contributed by atoms with Gasteiger partial charge in [0, 0.05) is 10.6 Å². The number of benzene rings is 2. The molecular weight excluding hydrogens is 227 g/mol. The summed E-state index contributed by atoms with van der Waals surface area (Å²) in [7, 11) is -2.50. The molecule has 0 bridgehead atoms. The van der Waals surface area contributed by atoms with Crippen LogP contribution in [0.25, 0.3) is 0 Å². The molecule has 0 aromatic heterocycles. The molecule has 0 spiro atoms. The monoisotopic (exact) mass is 240 g/mol. The van der Waals surface area contributed by atoms with Crippen LogP contribution in [0.2, 0.25) is 0 Å². The molecule has 3 rings (SSSR count). The molecule has 2 aromatic rings. The summed E-state index contributed by atoms with van der Waals surface area (Å²) in [5.74, 6) is 0. The van der Waals surface area contributed by atoms with Crippen molar-refractivity contribution in [3.05, 3.63) is 72.8 Å². The van der Waals surface area contributed by atoms with E-state index in [1.54, 1.807) is 0 Å². The highest BCUT2D eigenvalue weighted by molar-refractivity contribution is 7.80. The van der Waals surface area contributed by atoms with Gasteiger partial charge in [0.15, 0.2) is 7.14 Å². The molecular formula is C15H13OP. The average molecular weight is 240 g/mol. The molecule has 0 heterocycles. The molecule has 84 valence electrons. The molecule has 0 atom stereocenters. The Morgan fingerprint density at radius 2 is 1.12 bits per heavy atom. The minimum atomic E-state index is -2.50. The van der Waals surface area contributed by atoms with E-state index < -0.39 is 7.14 Å². The van der Waals surface area contributed by atoms with Crippen molar-refractivity contribution in [3.8, 4) is 0 Å². The van der Waals surface area contributed by atoms with E-state index >= 15 is 0 Å². The third-order valence-corrected chi connectivity index (χ3v) is 6.38. The summed E-state index contributed by atoms with van der Waals surface area (Å²) < 4.78 is 13.3. The first-order valence-electron chi connectivity index (χ1n) is 5.71. The summed E-state index contributed by atoms with van der Waals surface area (Å²) in [5, 5.41) is 1.89. The van der Waals surface area contributed by atoms with Gasteiger partial charge in [0.2, 0.25) is 0 Å². The van der Waals surface area contributed by atoms with Crippen LogP contribution in [0.1, 0.15) is 0 Å². The highest BCUT2D eigenvalue weighted by Crippen LogP contribution is 2.54.